The molecule has 0 amide bonds. The Hall–Kier alpha value is -0.240. The third-order valence-corrected chi connectivity index (χ3v) is 2.06. The van der Waals surface area contributed by atoms with Crippen molar-refractivity contribution >= 4 is 0 Å². The van der Waals surface area contributed by atoms with E-state index in [9.17, 15) is 10.2 Å². The minimum absolute atomic E-state index is 0.537. The standard InChI is InChI=1S/C7H14O6/c1-12-7-5(11)4(10)6(13-7)3(9)2-8/h3-11H,2H2,1H3/t3-,4+,5+,6+,7-/m0/s1. The summed E-state index contributed by atoms with van der Waals surface area (Å²) in [6.07, 6.45) is -5.63. The molecule has 78 valence electrons. The van der Waals surface area contributed by atoms with Crippen LogP contribution >= 0.6 is 0 Å². The van der Waals surface area contributed by atoms with Gasteiger partial charge < -0.3 is 29.9 Å². The first-order valence-corrected chi connectivity index (χ1v) is 3.95. The van der Waals surface area contributed by atoms with Crippen LogP contribution in [0, 0.1) is 0 Å². The van der Waals surface area contributed by atoms with Crippen LogP contribution in [-0.2, 0) is 9.47 Å². The van der Waals surface area contributed by atoms with E-state index < -0.39 is 37.3 Å². The zero-order valence-corrected chi connectivity index (χ0v) is 7.20. The quantitative estimate of drug-likeness (QED) is 0.394. The molecule has 1 aliphatic rings. The molecule has 1 heterocycles. The van der Waals surface area contributed by atoms with Gasteiger partial charge in [-0.25, -0.2) is 0 Å². The van der Waals surface area contributed by atoms with E-state index in [0.29, 0.717) is 0 Å². The topological polar surface area (TPSA) is 99.4 Å². The average molecular weight is 194 g/mol. The van der Waals surface area contributed by atoms with Crippen molar-refractivity contribution in [1.82, 2.24) is 0 Å². The van der Waals surface area contributed by atoms with Crippen LogP contribution in [0.1, 0.15) is 0 Å². The SMILES string of the molecule is CO[C@H]1O[C@H]([C@@H](O)CO)[C@H](O)[C@H]1O. The highest BCUT2D eigenvalue weighted by molar-refractivity contribution is 4.90. The number of aliphatic hydroxyl groups excluding tert-OH is 4. The van der Waals surface area contributed by atoms with E-state index in [2.05, 4.69) is 0 Å². The lowest BCUT2D eigenvalue weighted by atomic mass is 10.1. The number of hydrogen-bond donors (Lipinski definition) is 4. The Morgan fingerprint density at radius 2 is 2.00 bits per heavy atom. The summed E-state index contributed by atoms with van der Waals surface area (Å²) in [5.74, 6) is 0. The highest BCUT2D eigenvalue weighted by Crippen LogP contribution is 2.23. The molecule has 1 fully saturated rings. The van der Waals surface area contributed by atoms with Gasteiger partial charge in [0.25, 0.3) is 0 Å². The van der Waals surface area contributed by atoms with Crippen molar-refractivity contribution in [3.8, 4) is 0 Å². The van der Waals surface area contributed by atoms with E-state index in [0.717, 1.165) is 0 Å². The van der Waals surface area contributed by atoms with Crippen LogP contribution in [-0.4, -0.2) is 64.8 Å². The van der Waals surface area contributed by atoms with E-state index >= 15 is 0 Å². The van der Waals surface area contributed by atoms with Crippen LogP contribution < -0.4 is 0 Å². The predicted molar refractivity (Wildman–Crippen MR) is 40.8 cm³/mol. The van der Waals surface area contributed by atoms with Crippen LogP contribution in [0.25, 0.3) is 0 Å². The maximum atomic E-state index is 9.33. The fraction of sp³-hybridized carbons (Fsp3) is 1.00. The van der Waals surface area contributed by atoms with Gasteiger partial charge in [0, 0.05) is 7.11 Å². The van der Waals surface area contributed by atoms with Crippen molar-refractivity contribution in [3.05, 3.63) is 0 Å². The molecule has 1 aliphatic heterocycles. The van der Waals surface area contributed by atoms with Crippen LogP contribution in [0.4, 0.5) is 0 Å². The van der Waals surface area contributed by atoms with Gasteiger partial charge >= 0.3 is 0 Å². The molecule has 0 radical (unpaired) electrons. The lowest BCUT2D eigenvalue weighted by Crippen LogP contribution is -2.40. The molecule has 0 unspecified atom stereocenters. The van der Waals surface area contributed by atoms with Gasteiger partial charge in [0.05, 0.1) is 6.61 Å². The second-order valence-corrected chi connectivity index (χ2v) is 2.94. The molecule has 1 saturated heterocycles. The van der Waals surface area contributed by atoms with Crippen LogP contribution in [0.5, 0.6) is 0 Å². The van der Waals surface area contributed by atoms with Crippen LogP contribution in [0.3, 0.4) is 0 Å². The van der Waals surface area contributed by atoms with Crippen molar-refractivity contribution in [2.75, 3.05) is 13.7 Å². The van der Waals surface area contributed by atoms with Crippen LogP contribution in [0.15, 0.2) is 0 Å². The third-order valence-electron chi connectivity index (χ3n) is 2.06. The van der Waals surface area contributed by atoms with E-state index in [1.807, 2.05) is 0 Å². The normalized spacial score (nSPS) is 42.2. The van der Waals surface area contributed by atoms with Gasteiger partial charge in [0.15, 0.2) is 6.29 Å². The minimum atomic E-state index is -1.24. The van der Waals surface area contributed by atoms with Crippen molar-refractivity contribution in [3.63, 3.8) is 0 Å². The van der Waals surface area contributed by atoms with Gasteiger partial charge in [-0.2, -0.15) is 0 Å². The fourth-order valence-corrected chi connectivity index (χ4v) is 1.29. The number of hydrogen-bond acceptors (Lipinski definition) is 6. The van der Waals surface area contributed by atoms with Gasteiger partial charge in [0.1, 0.15) is 24.4 Å². The van der Waals surface area contributed by atoms with Gasteiger partial charge in [-0.3, -0.25) is 0 Å². The molecule has 13 heavy (non-hydrogen) atoms. The van der Waals surface area contributed by atoms with Crippen molar-refractivity contribution in [2.24, 2.45) is 0 Å². The van der Waals surface area contributed by atoms with Gasteiger partial charge in [0.2, 0.25) is 0 Å². The molecule has 6 nitrogen and oxygen atoms in total. The van der Waals surface area contributed by atoms with Gasteiger partial charge in [-0.1, -0.05) is 0 Å². The molecule has 0 bridgehead atoms. The predicted octanol–water partition coefficient (Wildman–Crippen LogP) is -2.57. The Balaban J connectivity index is 2.60. The monoisotopic (exact) mass is 194 g/mol. The molecular formula is C7H14O6. The maximum absolute atomic E-state index is 9.33. The van der Waals surface area contributed by atoms with E-state index in [4.69, 9.17) is 19.7 Å². The zero-order chi connectivity index (χ0) is 10.0. The molecule has 0 aromatic heterocycles. The Morgan fingerprint density at radius 3 is 2.38 bits per heavy atom. The highest BCUT2D eigenvalue weighted by Gasteiger charge is 2.45. The number of aliphatic hydroxyl groups is 4. The highest BCUT2D eigenvalue weighted by atomic mass is 16.7. The molecular weight excluding hydrogens is 180 g/mol. The van der Waals surface area contributed by atoms with Gasteiger partial charge in [-0.05, 0) is 0 Å². The summed E-state index contributed by atoms with van der Waals surface area (Å²) in [6, 6.07) is 0. The Kier molecular flexibility index (Phi) is 3.60. The van der Waals surface area contributed by atoms with Crippen molar-refractivity contribution in [1.29, 1.82) is 0 Å². The largest absolute Gasteiger partial charge is 0.394 e. The van der Waals surface area contributed by atoms with Crippen molar-refractivity contribution in [2.45, 2.75) is 30.7 Å². The van der Waals surface area contributed by atoms with Crippen molar-refractivity contribution < 1.29 is 29.9 Å². The second kappa shape index (κ2) is 4.32. The van der Waals surface area contributed by atoms with Crippen LogP contribution in [0.2, 0.25) is 0 Å². The summed E-state index contributed by atoms with van der Waals surface area (Å²) in [4.78, 5) is 0. The molecule has 6 heteroatoms. The Labute approximate surface area is 75.3 Å². The van der Waals surface area contributed by atoms with Gasteiger partial charge in [-0.15, -0.1) is 0 Å². The first-order chi connectivity index (χ1) is 6.11. The smallest absolute Gasteiger partial charge is 0.186 e. The molecule has 4 N–H and O–H groups in total. The van der Waals surface area contributed by atoms with E-state index in [-0.39, 0.29) is 0 Å². The minimum Gasteiger partial charge on any atom is -0.394 e. The molecule has 1 rings (SSSR count). The summed E-state index contributed by atoms with van der Waals surface area (Å²) in [6.45, 7) is -0.537. The summed E-state index contributed by atoms with van der Waals surface area (Å²) < 4.78 is 9.65. The number of ether oxygens (including phenoxy) is 2. The molecule has 0 aromatic carbocycles. The molecule has 0 aliphatic carbocycles. The maximum Gasteiger partial charge on any atom is 0.186 e. The lowest BCUT2D eigenvalue weighted by Gasteiger charge is -2.18. The Morgan fingerprint density at radius 1 is 1.38 bits per heavy atom. The van der Waals surface area contributed by atoms with E-state index in [1.165, 1.54) is 7.11 Å². The zero-order valence-electron chi connectivity index (χ0n) is 7.20. The summed E-state index contributed by atoms with van der Waals surface area (Å²) in [5.41, 5.74) is 0. The Bertz CT molecular complexity index is 163. The first kappa shape index (κ1) is 10.8. The number of rotatable bonds is 3. The summed E-state index contributed by atoms with van der Waals surface area (Å²) >= 11 is 0. The average Bonchev–Trinajstić information content (AvgIpc) is 2.43. The second-order valence-electron chi connectivity index (χ2n) is 2.94. The van der Waals surface area contributed by atoms with E-state index in [1.54, 1.807) is 0 Å². The molecule has 0 spiro atoms. The lowest BCUT2D eigenvalue weighted by molar-refractivity contribution is -0.166. The summed E-state index contributed by atoms with van der Waals surface area (Å²) in [5, 5.41) is 36.4. The summed E-state index contributed by atoms with van der Waals surface area (Å²) in [7, 11) is 1.31. The number of methoxy groups -OCH3 is 1. The molecule has 0 aromatic rings. The molecule has 5 atom stereocenters. The third kappa shape index (κ3) is 1.98. The first-order valence-electron chi connectivity index (χ1n) is 3.95. The fourth-order valence-electron chi connectivity index (χ4n) is 1.29. The molecule has 0 saturated carbocycles.